The van der Waals surface area contributed by atoms with Gasteiger partial charge in [0, 0.05) is 12.1 Å². The molecule has 0 aromatic rings. The number of rotatable bonds is 5. The quantitative estimate of drug-likeness (QED) is 0.736. The summed E-state index contributed by atoms with van der Waals surface area (Å²) in [6.07, 6.45) is 8.96. The lowest BCUT2D eigenvalue weighted by atomic mass is 9.75. The van der Waals surface area contributed by atoms with Crippen molar-refractivity contribution >= 4 is 0 Å². The van der Waals surface area contributed by atoms with Crippen LogP contribution in [-0.4, -0.2) is 12.1 Å². The molecule has 1 saturated carbocycles. The van der Waals surface area contributed by atoms with Gasteiger partial charge in [0.1, 0.15) is 0 Å². The van der Waals surface area contributed by atoms with Crippen LogP contribution >= 0.6 is 0 Å². The molecule has 1 aliphatic carbocycles. The largest absolute Gasteiger partial charge is 0.328 e. The van der Waals surface area contributed by atoms with Gasteiger partial charge in [-0.25, -0.2) is 0 Å². The zero-order valence-corrected chi connectivity index (χ0v) is 10.4. The van der Waals surface area contributed by atoms with E-state index in [0.29, 0.717) is 12.1 Å². The van der Waals surface area contributed by atoms with Crippen LogP contribution in [0, 0.1) is 11.8 Å². The molecule has 0 aromatic heterocycles. The van der Waals surface area contributed by atoms with Crippen LogP contribution in [0.2, 0.25) is 0 Å². The molecule has 1 rings (SSSR count). The summed E-state index contributed by atoms with van der Waals surface area (Å²) < 4.78 is 0. The lowest BCUT2D eigenvalue weighted by Crippen LogP contribution is -2.36. The molecule has 0 heterocycles. The van der Waals surface area contributed by atoms with E-state index >= 15 is 0 Å². The highest BCUT2D eigenvalue weighted by Gasteiger charge is 2.26. The summed E-state index contributed by atoms with van der Waals surface area (Å²) in [5.41, 5.74) is 12.2. The van der Waals surface area contributed by atoms with Gasteiger partial charge in [-0.15, -0.1) is 0 Å². The first-order valence-electron chi connectivity index (χ1n) is 6.66. The highest BCUT2D eigenvalue weighted by atomic mass is 14.7. The molecule has 0 radical (unpaired) electrons. The standard InChI is InChI=1S/C13H28N2/c1-3-4-5-13(15)12-8-6-11(7-9-12)10(2)14/h10-13H,3-9,14-15H2,1-2H3/t10-,11?,12?,13?/m0/s1. The van der Waals surface area contributed by atoms with Crippen molar-refractivity contribution in [1.29, 1.82) is 0 Å². The molecule has 1 unspecified atom stereocenters. The Morgan fingerprint density at radius 1 is 1.07 bits per heavy atom. The third-order valence-electron chi connectivity index (χ3n) is 4.06. The monoisotopic (exact) mass is 212 g/mol. The first-order chi connectivity index (χ1) is 7.15. The lowest BCUT2D eigenvalue weighted by Gasteiger charge is -2.33. The third-order valence-corrected chi connectivity index (χ3v) is 4.06. The van der Waals surface area contributed by atoms with Crippen LogP contribution < -0.4 is 11.5 Å². The van der Waals surface area contributed by atoms with Crippen molar-refractivity contribution in [2.45, 2.75) is 70.9 Å². The van der Waals surface area contributed by atoms with Gasteiger partial charge in [-0.3, -0.25) is 0 Å². The fourth-order valence-corrected chi connectivity index (χ4v) is 2.77. The molecule has 0 aliphatic heterocycles. The lowest BCUT2D eigenvalue weighted by molar-refractivity contribution is 0.218. The predicted octanol–water partition coefficient (Wildman–Crippen LogP) is 2.66. The van der Waals surface area contributed by atoms with Gasteiger partial charge in [0.2, 0.25) is 0 Å². The summed E-state index contributed by atoms with van der Waals surface area (Å²) in [6, 6.07) is 0.816. The average Bonchev–Trinajstić information content (AvgIpc) is 2.26. The van der Waals surface area contributed by atoms with Gasteiger partial charge in [-0.2, -0.15) is 0 Å². The Hall–Kier alpha value is -0.0800. The van der Waals surface area contributed by atoms with Gasteiger partial charge in [0.15, 0.2) is 0 Å². The fraction of sp³-hybridized carbons (Fsp3) is 1.00. The molecule has 0 bridgehead atoms. The molecule has 2 heteroatoms. The first kappa shape index (κ1) is 13.0. The predicted molar refractivity (Wildman–Crippen MR) is 66.6 cm³/mol. The zero-order valence-electron chi connectivity index (χ0n) is 10.4. The van der Waals surface area contributed by atoms with Crippen LogP contribution in [0.4, 0.5) is 0 Å². The van der Waals surface area contributed by atoms with Crippen LogP contribution in [0.25, 0.3) is 0 Å². The van der Waals surface area contributed by atoms with Gasteiger partial charge in [-0.05, 0) is 50.9 Å². The normalized spacial score (nSPS) is 31.2. The summed E-state index contributed by atoms with van der Waals surface area (Å²) in [5, 5.41) is 0. The summed E-state index contributed by atoms with van der Waals surface area (Å²) in [6.45, 7) is 4.38. The Balaban J connectivity index is 2.24. The second kappa shape index (κ2) is 6.49. The van der Waals surface area contributed by atoms with E-state index in [0.717, 1.165) is 11.8 Å². The second-order valence-corrected chi connectivity index (χ2v) is 5.34. The Morgan fingerprint density at radius 3 is 2.07 bits per heavy atom. The molecule has 15 heavy (non-hydrogen) atoms. The summed E-state index contributed by atoms with van der Waals surface area (Å²) in [7, 11) is 0. The van der Waals surface area contributed by atoms with E-state index in [1.807, 2.05) is 0 Å². The van der Waals surface area contributed by atoms with Crippen LogP contribution in [0.3, 0.4) is 0 Å². The van der Waals surface area contributed by atoms with E-state index in [4.69, 9.17) is 11.5 Å². The minimum atomic E-state index is 0.373. The number of hydrogen-bond acceptors (Lipinski definition) is 2. The van der Waals surface area contributed by atoms with Crippen molar-refractivity contribution in [3.63, 3.8) is 0 Å². The van der Waals surface area contributed by atoms with Crippen molar-refractivity contribution in [2.24, 2.45) is 23.3 Å². The van der Waals surface area contributed by atoms with Gasteiger partial charge < -0.3 is 11.5 Å². The van der Waals surface area contributed by atoms with E-state index in [9.17, 15) is 0 Å². The highest BCUT2D eigenvalue weighted by Crippen LogP contribution is 2.32. The first-order valence-corrected chi connectivity index (χ1v) is 6.66. The molecule has 0 saturated heterocycles. The maximum Gasteiger partial charge on any atom is 0.00671 e. The average molecular weight is 212 g/mol. The SMILES string of the molecule is CCCCC(N)C1CCC([C@H](C)N)CC1. The fourth-order valence-electron chi connectivity index (χ4n) is 2.77. The van der Waals surface area contributed by atoms with Gasteiger partial charge >= 0.3 is 0 Å². The van der Waals surface area contributed by atoms with Crippen molar-refractivity contribution in [3.05, 3.63) is 0 Å². The van der Waals surface area contributed by atoms with Crippen LogP contribution in [0.15, 0.2) is 0 Å². The van der Waals surface area contributed by atoms with Crippen LogP contribution in [0.1, 0.15) is 58.8 Å². The van der Waals surface area contributed by atoms with E-state index in [-0.39, 0.29) is 0 Å². The summed E-state index contributed by atoms with van der Waals surface area (Å²) in [5.74, 6) is 1.52. The molecule has 2 atom stereocenters. The van der Waals surface area contributed by atoms with Crippen molar-refractivity contribution in [1.82, 2.24) is 0 Å². The molecule has 4 N–H and O–H groups in total. The summed E-state index contributed by atoms with van der Waals surface area (Å²) in [4.78, 5) is 0. The Labute approximate surface area is 94.8 Å². The Bertz CT molecular complexity index is 160. The van der Waals surface area contributed by atoms with Gasteiger partial charge in [0.05, 0.1) is 0 Å². The third kappa shape index (κ3) is 4.12. The Morgan fingerprint density at radius 2 is 1.60 bits per heavy atom. The zero-order chi connectivity index (χ0) is 11.3. The van der Waals surface area contributed by atoms with E-state index in [2.05, 4.69) is 13.8 Å². The molecular weight excluding hydrogens is 184 g/mol. The van der Waals surface area contributed by atoms with Crippen molar-refractivity contribution < 1.29 is 0 Å². The molecule has 1 fully saturated rings. The number of unbranched alkanes of at least 4 members (excludes halogenated alkanes) is 1. The molecule has 0 amide bonds. The smallest absolute Gasteiger partial charge is 0.00671 e. The molecule has 90 valence electrons. The van der Waals surface area contributed by atoms with Crippen molar-refractivity contribution in [3.8, 4) is 0 Å². The second-order valence-electron chi connectivity index (χ2n) is 5.34. The topological polar surface area (TPSA) is 52.0 Å². The summed E-state index contributed by atoms with van der Waals surface area (Å²) >= 11 is 0. The maximum atomic E-state index is 6.22. The number of nitrogens with two attached hydrogens (primary N) is 2. The van der Waals surface area contributed by atoms with E-state index in [1.165, 1.54) is 44.9 Å². The van der Waals surface area contributed by atoms with E-state index < -0.39 is 0 Å². The molecular formula is C13H28N2. The van der Waals surface area contributed by atoms with Gasteiger partial charge in [-0.1, -0.05) is 19.8 Å². The van der Waals surface area contributed by atoms with Crippen molar-refractivity contribution in [2.75, 3.05) is 0 Å². The number of hydrogen-bond donors (Lipinski definition) is 2. The molecule has 0 aromatic carbocycles. The molecule has 0 spiro atoms. The minimum absolute atomic E-state index is 0.373. The van der Waals surface area contributed by atoms with Crippen LogP contribution in [-0.2, 0) is 0 Å². The molecule has 1 aliphatic rings. The minimum Gasteiger partial charge on any atom is -0.328 e. The molecule has 2 nitrogen and oxygen atoms in total. The van der Waals surface area contributed by atoms with Crippen LogP contribution in [0.5, 0.6) is 0 Å². The highest BCUT2D eigenvalue weighted by molar-refractivity contribution is 4.82. The van der Waals surface area contributed by atoms with E-state index in [1.54, 1.807) is 0 Å². The Kier molecular flexibility index (Phi) is 5.62. The van der Waals surface area contributed by atoms with Gasteiger partial charge in [0.25, 0.3) is 0 Å². The maximum absolute atomic E-state index is 6.22.